The number of carbonyl (C=O) groups is 1. The maximum Gasteiger partial charge on any atom is 0.308 e. The second-order valence-electron chi connectivity index (χ2n) is 8.64. The van der Waals surface area contributed by atoms with E-state index in [2.05, 4.69) is 0 Å². The fourth-order valence-electron chi connectivity index (χ4n) is 4.25. The third-order valence-corrected chi connectivity index (χ3v) is 8.91. The number of amides is 1. The van der Waals surface area contributed by atoms with Gasteiger partial charge in [-0.1, -0.05) is 11.3 Å². The summed E-state index contributed by atoms with van der Waals surface area (Å²) in [7, 11) is -0.639. The number of sulfonamides is 1. The minimum Gasteiger partial charge on any atom is -0.497 e. The lowest BCUT2D eigenvalue weighted by Gasteiger charge is -2.34. The Hall–Kier alpha value is -2.89. The maximum absolute atomic E-state index is 13.3. The average molecular weight is 520 g/mol. The van der Waals surface area contributed by atoms with Gasteiger partial charge >= 0.3 is 4.87 Å². The Morgan fingerprint density at radius 2 is 1.63 bits per heavy atom. The first-order valence-corrected chi connectivity index (χ1v) is 13.5. The standard InChI is InChI=1S/C24H29N3O6S2/c1-16(2)27-21-6-5-20(15-22(21)34-24(27)29)35(30,31)26-9-7-25(8-10-26)23(28)13-17-11-18(32-3)14-19(12-17)33-4/h5-6,11-12,14-16H,7-10,13H2,1-4H3. The zero-order valence-corrected chi connectivity index (χ0v) is 21.8. The van der Waals surface area contributed by atoms with E-state index in [4.69, 9.17) is 9.47 Å². The van der Waals surface area contributed by atoms with Gasteiger partial charge in [0, 0.05) is 38.3 Å². The van der Waals surface area contributed by atoms with Crippen LogP contribution in [0, 0.1) is 0 Å². The fraction of sp³-hybridized carbons (Fsp3) is 0.417. The van der Waals surface area contributed by atoms with E-state index in [1.54, 1.807) is 60.1 Å². The molecule has 0 saturated carbocycles. The Morgan fingerprint density at radius 1 is 1.00 bits per heavy atom. The molecule has 0 bridgehead atoms. The molecular weight excluding hydrogens is 490 g/mol. The molecule has 1 fully saturated rings. The Balaban J connectivity index is 1.45. The van der Waals surface area contributed by atoms with E-state index in [9.17, 15) is 18.0 Å². The highest BCUT2D eigenvalue weighted by atomic mass is 32.2. The minimum absolute atomic E-state index is 0.0117. The van der Waals surface area contributed by atoms with E-state index in [1.165, 1.54) is 4.31 Å². The van der Waals surface area contributed by atoms with Crippen LogP contribution >= 0.6 is 11.3 Å². The van der Waals surface area contributed by atoms with Crippen LogP contribution in [-0.2, 0) is 21.2 Å². The van der Waals surface area contributed by atoms with Crippen LogP contribution in [-0.4, -0.2) is 68.5 Å². The zero-order chi connectivity index (χ0) is 25.3. The summed E-state index contributed by atoms with van der Waals surface area (Å²) in [6, 6.07) is 10.1. The Kier molecular flexibility index (Phi) is 7.20. The molecule has 0 unspecified atom stereocenters. The van der Waals surface area contributed by atoms with Gasteiger partial charge in [0.2, 0.25) is 15.9 Å². The highest BCUT2D eigenvalue weighted by Crippen LogP contribution is 2.27. The van der Waals surface area contributed by atoms with E-state index in [0.717, 1.165) is 22.4 Å². The summed E-state index contributed by atoms with van der Waals surface area (Å²) < 4.78 is 40.8. The lowest BCUT2D eigenvalue weighted by Crippen LogP contribution is -2.50. The van der Waals surface area contributed by atoms with Gasteiger partial charge in [-0.2, -0.15) is 4.31 Å². The van der Waals surface area contributed by atoms with Gasteiger partial charge < -0.3 is 14.4 Å². The molecular formula is C24H29N3O6S2. The van der Waals surface area contributed by atoms with E-state index in [-0.39, 0.29) is 41.2 Å². The van der Waals surface area contributed by atoms with Gasteiger partial charge in [0.15, 0.2) is 0 Å². The van der Waals surface area contributed by atoms with Crippen molar-refractivity contribution in [1.29, 1.82) is 0 Å². The summed E-state index contributed by atoms with van der Waals surface area (Å²) in [5, 5.41) is 0. The van der Waals surface area contributed by atoms with Gasteiger partial charge in [0.1, 0.15) is 11.5 Å². The number of benzene rings is 2. The van der Waals surface area contributed by atoms with Gasteiger partial charge in [-0.25, -0.2) is 8.42 Å². The number of aromatic nitrogens is 1. The van der Waals surface area contributed by atoms with E-state index >= 15 is 0 Å². The number of rotatable bonds is 7. The number of ether oxygens (including phenoxy) is 2. The van der Waals surface area contributed by atoms with Crippen molar-refractivity contribution < 1.29 is 22.7 Å². The molecule has 1 saturated heterocycles. The number of carbonyl (C=O) groups excluding carboxylic acids is 1. The van der Waals surface area contributed by atoms with Crippen LogP contribution in [0.5, 0.6) is 11.5 Å². The second-order valence-corrected chi connectivity index (χ2v) is 11.6. The first-order chi connectivity index (χ1) is 16.6. The van der Waals surface area contributed by atoms with Crippen molar-refractivity contribution in [2.75, 3.05) is 40.4 Å². The van der Waals surface area contributed by atoms with Gasteiger partial charge in [0.25, 0.3) is 0 Å². The zero-order valence-electron chi connectivity index (χ0n) is 20.2. The van der Waals surface area contributed by atoms with Crippen molar-refractivity contribution in [3.05, 3.63) is 51.6 Å². The first-order valence-electron chi connectivity index (χ1n) is 11.3. The Morgan fingerprint density at radius 3 is 2.20 bits per heavy atom. The van der Waals surface area contributed by atoms with Crippen LogP contribution in [0.1, 0.15) is 25.5 Å². The van der Waals surface area contributed by atoms with Gasteiger partial charge in [0.05, 0.1) is 35.8 Å². The van der Waals surface area contributed by atoms with Crippen molar-refractivity contribution >= 4 is 37.5 Å². The second kappa shape index (κ2) is 10.00. The van der Waals surface area contributed by atoms with Gasteiger partial charge in [-0.15, -0.1) is 0 Å². The molecule has 9 nitrogen and oxygen atoms in total. The van der Waals surface area contributed by atoms with Crippen LogP contribution in [0.3, 0.4) is 0 Å². The van der Waals surface area contributed by atoms with E-state index < -0.39 is 10.0 Å². The topological polar surface area (TPSA) is 98.2 Å². The molecule has 2 aromatic carbocycles. The van der Waals surface area contributed by atoms with Crippen LogP contribution in [0.2, 0.25) is 0 Å². The van der Waals surface area contributed by atoms with Crippen molar-refractivity contribution in [2.45, 2.75) is 31.2 Å². The quantitative estimate of drug-likeness (QED) is 0.476. The summed E-state index contributed by atoms with van der Waals surface area (Å²) in [5.41, 5.74) is 1.50. The molecule has 1 aromatic heterocycles. The summed E-state index contributed by atoms with van der Waals surface area (Å²) in [6.07, 6.45) is 0.169. The predicted molar refractivity (Wildman–Crippen MR) is 135 cm³/mol. The highest BCUT2D eigenvalue weighted by Gasteiger charge is 2.30. The minimum atomic E-state index is -3.75. The third-order valence-electron chi connectivity index (χ3n) is 6.10. The molecule has 0 atom stereocenters. The first kappa shape index (κ1) is 25.2. The molecule has 0 N–H and O–H groups in total. The third kappa shape index (κ3) is 5.07. The lowest BCUT2D eigenvalue weighted by molar-refractivity contribution is -0.131. The number of fused-ring (bicyclic) bond motifs is 1. The SMILES string of the molecule is COc1cc(CC(=O)N2CCN(S(=O)(=O)c3ccc4c(c3)sc(=O)n4C(C)C)CC2)cc(OC)c1. The summed E-state index contributed by atoms with van der Waals surface area (Å²) in [4.78, 5) is 26.9. The summed E-state index contributed by atoms with van der Waals surface area (Å²) in [5.74, 6) is 1.13. The van der Waals surface area contributed by atoms with Crippen molar-refractivity contribution in [1.82, 2.24) is 13.8 Å². The molecule has 188 valence electrons. The van der Waals surface area contributed by atoms with Crippen LogP contribution in [0.15, 0.2) is 46.1 Å². The van der Waals surface area contributed by atoms with Gasteiger partial charge in [-0.05, 0) is 49.7 Å². The number of thiazole rings is 1. The summed E-state index contributed by atoms with van der Waals surface area (Å²) >= 11 is 1.05. The fourth-order valence-corrected chi connectivity index (χ4v) is 6.82. The maximum atomic E-state index is 13.3. The molecule has 11 heteroatoms. The molecule has 1 aliphatic rings. The molecule has 35 heavy (non-hydrogen) atoms. The number of nitrogens with zero attached hydrogens (tertiary/aromatic N) is 3. The highest BCUT2D eigenvalue weighted by molar-refractivity contribution is 7.89. The number of piperazine rings is 1. The van der Waals surface area contributed by atoms with Crippen molar-refractivity contribution in [3.63, 3.8) is 0 Å². The van der Waals surface area contributed by atoms with Crippen LogP contribution in [0.25, 0.3) is 10.2 Å². The van der Waals surface area contributed by atoms with Crippen LogP contribution in [0.4, 0.5) is 0 Å². The van der Waals surface area contributed by atoms with Gasteiger partial charge in [-0.3, -0.25) is 14.2 Å². The molecule has 0 aliphatic carbocycles. The van der Waals surface area contributed by atoms with Crippen LogP contribution < -0.4 is 14.3 Å². The summed E-state index contributed by atoms with van der Waals surface area (Å²) in [6.45, 7) is 4.86. The lowest BCUT2D eigenvalue weighted by atomic mass is 10.1. The monoisotopic (exact) mass is 519 g/mol. The molecule has 0 spiro atoms. The predicted octanol–water partition coefficient (Wildman–Crippen LogP) is 2.74. The Bertz CT molecular complexity index is 1380. The molecule has 4 rings (SSSR count). The molecule has 1 amide bonds. The number of methoxy groups -OCH3 is 2. The molecule has 0 radical (unpaired) electrons. The smallest absolute Gasteiger partial charge is 0.308 e. The molecule has 1 aliphatic heterocycles. The number of hydrogen-bond acceptors (Lipinski definition) is 7. The molecule has 2 heterocycles. The molecule has 3 aromatic rings. The normalized spacial score (nSPS) is 15.1. The van der Waals surface area contributed by atoms with E-state index in [1.807, 2.05) is 13.8 Å². The van der Waals surface area contributed by atoms with Crippen molar-refractivity contribution in [3.8, 4) is 11.5 Å². The largest absolute Gasteiger partial charge is 0.497 e. The number of hydrogen-bond donors (Lipinski definition) is 0. The van der Waals surface area contributed by atoms with E-state index in [0.29, 0.717) is 29.3 Å². The Labute approximate surface area is 208 Å². The van der Waals surface area contributed by atoms with Crippen molar-refractivity contribution in [2.24, 2.45) is 0 Å². The average Bonchev–Trinajstić information content (AvgIpc) is 3.18.